The topological polar surface area (TPSA) is 71.7 Å². The van der Waals surface area contributed by atoms with Crippen molar-refractivity contribution in [3.05, 3.63) is 265 Å². The van der Waals surface area contributed by atoms with Crippen LogP contribution in [0, 0.1) is 17.1 Å². The van der Waals surface area contributed by atoms with E-state index in [0.717, 1.165) is 77.9 Å². The monoisotopic (exact) mass is 886 g/mol. The lowest BCUT2D eigenvalue weighted by atomic mass is 9.74. The van der Waals surface area contributed by atoms with E-state index in [0.29, 0.717) is 28.8 Å². The van der Waals surface area contributed by atoms with Crippen LogP contribution in [0.15, 0.2) is 237 Å². The fourth-order valence-corrected chi connectivity index (χ4v) is 9.71. The van der Waals surface area contributed by atoms with Crippen molar-refractivity contribution in [1.29, 1.82) is 5.26 Å². The van der Waals surface area contributed by atoms with Crippen molar-refractivity contribution in [2.45, 2.75) is 5.60 Å². The van der Waals surface area contributed by atoms with Crippen LogP contribution in [0.25, 0.3) is 89.4 Å². The van der Waals surface area contributed by atoms with Gasteiger partial charge in [0.1, 0.15) is 11.6 Å². The number of fused-ring (bicyclic) bond motifs is 4. The number of hydrogen-bond acceptors (Lipinski definition) is 5. The van der Waals surface area contributed by atoms with Gasteiger partial charge in [-0.1, -0.05) is 200 Å². The van der Waals surface area contributed by atoms with Crippen LogP contribution >= 0.6 is 0 Å². The Morgan fingerprint density at radius 3 is 1.58 bits per heavy atom. The van der Waals surface area contributed by atoms with Crippen LogP contribution in [0.1, 0.15) is 22.3 Å². The lowest BCUT2D eigenvalue weighted by Gasteiger charge is -2.41. The van der Waals surface area contributed by atoms with Gasteiger partial charge in [-0.05, 0) is 80.6 Å². The van der Waals surface area contributed by atoms with Crippen molar-refractivity contribution < 1.29 is 9.13 Å². The molecule has 0 saturated carbocycles. The summed E-state index contributed by atoms with van der Waals surface area (Å²) < 4.78 is 21.1. The molecule has 0 atom stereocenters. The number of aromatic nitrogens is 3. The van der Waals surface area contributed by atoms with Gasteiger partial charge in [-0.15, -0.1) is 0 Å². The average Bonchev–Trinajstić information content (AvgIpc) is 3.43. The zero-order valence-electron chi connectivity index (χ0n) is 37.1. The Bertz CT molecular complexity index is 3710. The fraction of sp³-hybridized carbons (Fsp3) is 0.0159. The van der Waals surface area contributed by atoms with Gasteiger partial charge in [0.05, 0.1) is 11.6 Å². The van der Waals surface area contributed by atoms with E-state index in [-0.39, 0.29) is 5.82 Å². The molecule has 1 aliphatic rings. The largest absolute Gasteiger partial charge is 0.472 e. The smallest absolute Gasteiger partial charge is 0.185 e. The van der Waals surface area contributed by atoms with Gasteiger partial charge < -0.3 is 4.74 Å². The van der Waals surface area contributed by atoms with Gasteiger partial charge in [0, 0.05) is 44.5 Å². The predicted octanol–water partition coefficient (Wildman–Crippen LogP) is 15.4. The summed E-state index contributed by atoms with van der Waals surface area (Å²) >= 11 is 0. The molecule has 11 aromatic rings. The summed E-state index contributed by atoms with van der Waals surface area (Å²) in [6.45, 7) is 0. The number of nitrogens with zero attached hydrogens (tertiary/aromatic N) is 4. The molecular weight excluding hydrogens is 848 g/mol. The van der Waals surface area contributed by atoms with E-state index < -0.39 is 5.60 Å². The van der Waals surface area contributed by atoms with Crippen LogP contribution in [0.2, 0.25) is 0 Å². The Morgan fingerprint density at radius 2 is 0.913 bits per heavy atom. The first-order valence-electron chi connectivity index (χ1n) is 22.8. The molecule has 69 heavy (non-hydrogen) atoms. The van der Waals surface area contributed by atoms with Crippen molar-refractivity contribution in [2.75, 3.05) is 0 Å². The van der Waals surface area contributed by atoms with Crippen molar-refractivity contribution in [3.8, 4) is 90.5 Å². The highest BCUT2D eigenvalue weighted by atomic mass is 19.1. The first-order chi connectivity index (χ1) is 34.0. The molecule has 324 valence electrons. The average molecular weight is 887 g/mol. The van der Waals surface area contributed by atoms with Crippen molar-refractivity contribution in [2.24, 2.45) is 0 Å². The lowest BCUT2D eigenvalue weighted by Crippen LogP contribution is -2.39. The second-order valence-corrected chi connectivity index (χ2v) is 17.1. The Balaban J connectivity index is 0.966. The van der Waals surface area contributed by atoms with Crippen LogP contribution in [-0.4, -0.2) is 15.0 Å². The molecule has 0 unspecified atom stereocenters. The minimum absolute atomic E-state index is 0.275. The maximum Gasteiger partial charge on any atom is 0.185 e. The first-order valence-corrected chi connectivity index (χ1v) is 22.8. The Hall–Kier alpha value is -9.31. The summed E-state index contributed by atoms with van der Waals surface area (Å²) in [5.74, 6) is 1.98. The third-order valence-corrected chi connectivity index (χ3v) is 13.1. The van der Waals surface area contributed by atoms with Crippen molar-refractivity contribution >= 4 is 10.8 Å². The zero-order valence-corrected chi connectivity index (χ0v) is 37.1. The highest BCUT2D eigenvalue weighted by Crippen LogP contribution is 2.53. The molecule has 0 amide bonds. The van der Waals surface area contributed by atoms with Crippen LogP contribution < -0.4 is 4.74 Å². The van der Waals surface area contributed by atoms with Gasteiger partial charge in [0.25, 0.3) is 0 Å². The maximum atomic E-state index is 13.8. The van der Waals surface area contributed by atoms with E-state index in [2.05, 4.69) is 133 Å². The lowest BCUT2D eigenvalue weighted by molar-refractivity contribution is 0.152. The van der Waals surface area contributed by atoms with Gasteiger partial charge in [0.15, 0.2) is 23.1 Å². The standard InChI is InChI=1S/C63H39FN4O/c64-53-35-32-42(33-36-53)41-24-28-45(29-25-41)60-66-61(46-30-26-44(27-31-46)55-22-10-13-43-12-7-8-21-54(43)55)68-62(67-60)49-15-9-14-47(38-49)48-34-37-56-58(39-48)69-63(51-17-3-1-4-18-51,52-19-5-2-6-20-52)57-23-11-16-50(40-65)59(56)57/h1-39H. The molecule has 10 aromatic carbocycles. The SMILES string of the molecule is N#Cc1cccc2c1-c1ccc(-c3cccc(-c4nc(-c5ccc(-c6ccc(F)cc6)cc5)nc(-c5ccc(-c6cccc7ccccc67)cc5)n4)c3)cc1OC2(c1ccccc1)c1ccccc1. The molecular formula is C63H39FN4O. The fourth-order valence-electron chi connectivity index (χ4n) is 9.71. The molecule has 6 heteroatoms. The summed E-state index contributed by atoms with van der Waals surface area (Å²) in [6, 6.07) is 81.0. The number of halogens is 1. The summed E-state index contributed by atoms with van der Waals surface area (Å²) in [5, 5.41) is 12.9. The van der Waals surface area contributed by atoms with Gasteiger partial charge in [-0.25, -0.2) is 19.3 Å². The highest BCUT2D eigenvalue weighted by Gasteiger charge is 2.45. The molecule has 0 saturated heterocycles. The van der Waals surface area contributed by atoms with Gasteiger partial charge in [0.2, 0.25) is 0 Å². The first kappa shape index (κ1) is 41.1. The number of hydrogen-bond donors (Lipinski definition) is 0. The molecule has 12 rings (SSSR count). The van der Waals surface area contributed by atoms with E-state index in [1.54, 1.807) is 12.1 Å². The van der Waals surface area contributed by atoms with Crippen LogP contribution in [0.4, 0.5) is 4.39 Å². The number of rotatable bonds is 8. The zero-order chi connectivity index (χ0) is 46.3. The molecule has 1 aromatic heterocycles. The summed E-state index contributed by atoms with van der Waals surface area (Å²) in [4.78, 5) is 15.3. The van der Waals surface area contributed by atoms with Gasteiger partial charge in [-0.3, -0.25) is 0 Å². The van der Waals surface area contributed by atoms with Crippen LogP contribution in [0.5, 0.6) is 5.75 Å². The van der Waals surface area contributed by atoms with Gasteiger partial charge in [-0.2, -0.15) is 5.26 Å². The van der Waals surface area contributed by atoms with E-state index in [9.17, 15) is 9.65 Å². The quantitative estimate of drug-likeness (QED) is 0.152. The number of benzene rings is 10. The Kier molecular flexibility index (Phi) is 10.2. The van der Waals surface area contributed by atoms with Crippen LogP contribution in [0.3, 0.4) is 0 Å². The molecule has 0 spiro atoms. The third-order valence-electron chi connectivity index (χ3n) is 13.1. The van der Waals surface area contributed by atoms with Crippen molar-refractivity contribution in [3.63, 3.8) is 0 Å². The maximum absolute atomic E-state index is 13.8. The molecule has 0 radical (unpaired) electrons. The minimum atomic E-state index is -1.03. The molecule has 5 nitrogen and oxygen atoms in total. The van der Waals surface area contributed by atoms with E-state index in [1.165, 1.54) is 22.9 Å². The normalized spacial score (nSPS) is 12.3. The van der Waals surface area contributed by atoms with E-state index in [1.807, 2.05) is 84.9 Å². The van der Waals surface area contributed by atoms with Crippen molar-refractivity contribution in [1.82, 2.24) is 15.0 Å². The molecule has 1 aliphatic heterocycles. The minimum Gasteiger partial charge on any atom is -0.472 e. The third kappa shape index (κ3) is 7.40. The summed E-state index contributed by atoms with van der Waals surface area (Å²) in [7, 11) is 0. The second-order valence-electron chi connectivity index (χ2n) is 17.1. The molecule has 2 heterocycles. The Morgan fingerprint density at radius 1 is 0.406 bits per heavy atom. The molecule has 0 aliphatic carbocycles. The molecule has 0 fully saturated rings. The molecule has 0 N–H and O–H groups in total. The van der Waals surface area contributed by atoms with E-state index >= 15 is 0 Å². The number of ether oxygens (including phenoxy) is 1. The highest BCUT2D eigenvalue weighted by molar-refractivity contribution is 5.97. The molecule has 0 bridgehead atoms. The Labute approximate surface area is 399 Å². The predicted molar refractivity (Wildman–Crippen MR) is 273 cm³/mol. The van der Waals surface area contributed by atoms with E-state index in [4.69, 9.17) is 19.7 Å². The number of nitriles is 1. The second kappa shape index (κ2) is 17.2. The van der Waals surface area contributed by atoms with Crippen LogP contribution in [-0.2, 0) is 5.60 Å². The summed E-state index contributed by atoms with van der Waals surface area (Å²) in [6.07, 6.45) is 0. The summed E-state index contributed by atoms with van der Waals surface area (Å²) in [5.41, 5.74) is 12.6. The van der Waals surface area contributed by atoms with Gasteiger partial charge >= 0.3 is 0 Å².